The van der Waals surface area contributed by atoms with Crippen LogP contribution in [0, 0.1) is 0 Å². The number of nitrogens with one attached hydrogen (secondary N) is 2. The van der Waals surface area contributed by atoms with E-state index < -0.39 is 0 Å². The lowest BCUT2D eigenvalue weighted by molar-refractivity contribution is -0.124. The number of hydrogen-bond acceptors (Lipinski definition) is 4. The number of hydrogen-bond donors (Lipinski definition) is 2. The molecule has 1 saturated carbocycles. The summed E-state index contributed by atoms with van der Waals surface area (Å²) in [4.78, 5) is 26.2. The summed E-state index contributed by atoms with van der Waals surface area (Å²) >= 11 is 0. The van der Waals surface area contributed by atoms with Crippen LogP contribution in [0.4, 0.5) is 5.69 Å². The van der Waals surface area contributed by atoms with Crippen LogP contribution in [0.15, 0.2) is 24.3 Å². The Bertz CT molecular complexity index is 554. The fourth-order valence-corrected chi connectivity index (χ4v) is 3.08. The first-order valence-electron chi connectivity index (χ1n) is 9.06. The van der Waals surface area contributed by atoms with Crippen molar-refractivity contribution in [3.8, 4) is 5.75 Å². The maximum absolute atomic E-state index is 12.2. The molecule has 6 heteroatoms. The lowest BCUT2D eigenvalue weighted by Gasteiger charge is -2.25. The number of carbonyl (C=O) groups is 2. The average molecular weight is 347 g/mol. The van der Waals surface area contributed by atoms with Crippen molar-refractivity contribution in [1.82, 2.24) is 10.2 Å². The molecular weight excluding hydrogens is 318 g/mol. The van der Waals surface area contributed by atoms with Crippen molar-refractivity contribution in [3.05, 3.63) is 24.3 Å². The highest BCUT2D eigenvalue weighted by molar-refractivity contribution is 5.92. The number of amides is 2. The molecule has 6 nitrogen and oxygen atoms in total. The molecule has 1 fully saturated rings. The van der Waals surface area contributed by atoms with Gasteiger partial charge in [0.05, 0.1) is 20.2 Å². The number of anilines is 1. The van der Waals surface area contributed by atoms with Gasteiger partial charge in [0.25, 0.3) is 0 Å². The molecule has 0 aromatic heterocycles. The Hall–Kier alpha value is -2.08. The molecule has 138 valence electrons. The van der Waals surface area contributed by atoms with Crippen molar-refractivity contribution in [2.24, 2.45) is 0 Å². The Kier molecular flexibility index (Phi) is 7.73. The van der Waals surface area contributed by atoms with E-state index >= 15 is 0 Å². The predicted molar refractivity (Wildman–Crippen MR) is 98.8 cm³/mol. The molecule has 0 bridgehead atoms. The van der Waals surface area contributed by atoms with Crippen molar-refractivity contribution in [2.75, 3.05) is 32.1 Å². The zero-order chi connectivity index (χ0) is 18.1. The largest absolute Gasteiger partial charge is 0.497 e. The SMILES string of the molecule is CCN(CC(=O)Nc1ccc(OC)cc1)CC(=O)NC1CCCCC1. The van der Waals surface area contributed by atoms with Gasteiger partial charge in [-0.15, -0.1) is 0 Å². The van der Waals surface area contributed by atoms with Crippen LogP contribution in [0.1, 0.15) is 39.0 Å². The molecule has 1 aromatic carbocycles. The number of ether oxygens (including phenoxy) is 1. The van der Waals surface area contributed by atoms with Gasteiger partial charge in [0, 0.05) is 11.7 Å². The highest BCUT2D eigenvalue weighted by atomic mass is 16.5. The van der Waals surface area contributed by atoms with Gasteiger partial charge >= 0.3 is 0 Å². The number of nitrogens with zero attached hydrogens (tertiary/aromatic N) is 1. The first-order chi connectivity index (χ1) is 12.1. The minimum absolute atomic E-state index is 0.00555. The van der Waals surface area contributed by atoms with E-state index in [4.69, 9.17) is 4.74 Å². The average Bonchev–Trinajstić information content (AvgIpc) is 2.62. The zero-order valence-corrected chi connectivity index (χ0v) is 15.2. The fraction of sp³-hybridized carbons (Fsp3) is 0.579. The molecule has 0 aliphatic heterocycles. The van der Waals surface area contributed by atoms with Gasteiger partial charge in [-0.05, 0) is 43.7 Å². The van der Waals surface area contributed by atoms with Crippen LogP contribution in [-0.2, 0) is 9.59 Å². The molecule has 0 heterocycles. The smallest absolute Gasteiger partial charge is 0.238 e. The van der Waals surface area contributed by atoms with Crippen LogP contribution in [-0.4, -0.2) is 49.5 Å². The quantitative estimate of drug-likeness (QED) is 0.758. The summed E-state index contributed by atoms with van der Waals surface area (Å²) in [6, 6.07) is 7.48. The van der Waals surface area contributed by atoms with Crippen molar-refractivity contribution in [2.45, 2.75) is 45.1 Å². The van der Waals surface area contributed by atoms with Crippen LogP contribution in [0.5, 0.6) is 5.75 Å². The Balaban J connectivity index is 1.77. The van der Waals surface area contributed by atoms with Crippen LogP contribution in [0.2, 0.25) is 0 Å². The van der Waals surface area contributed by atoms with Gasteiger partial charge in [-0.25, -0.2) is 0 Å². The van der Waals surface area contributed by atoms with E-state index in [2.05, 4.69) is 10.6 Å². The Morgan fingerprint density at radius 2 is 1.72 bits per heavy atom. The van der Waals surface area contributed by atoms with Crippen molar-refractivity contribution in [1.29, 1.82) is 0 Å². The minimum atomic E-state index is -0.127. The molecule has 1 aliphatic rings. The predicted octanol–water partition coefficient (Wildman–Crippen LogP) is 2.40. The molecule has 0 unspecified atom stereocenters. The topological polar surface area (TPSA) is 70.7 Å². The van der Waals surface area contributed by atoms with E-state index in [9.17, 15) is 9.59 Å². The first kappa shape index (κ1) is 19.2. The maximum atomic E-state index is 12.2. The molecule has 1 aliphatic carbocycles. The summed E-state index contributed by atoms with van der Waals surface area (Å²) in [5.74, 6) is 0.621. The maximum Gasteiger partial charge on any atom is 0.238 e. The van der Waals surface area contributed by atoms with Gasteiger partial charge in [0.2, 0.25) is 11.8 Å². The normalized spacial score (nSPS) is 15.0. The molecule has 1 aromatic rings. The summed E-state index contributed by atoms with van der Waals surface area (Å²) in [7, 11) is 1.60. The first-order valence-corrected chi connectivity index (χ1v) is 9.06. The molecule has 2 N–H and O–H groups in total. The monoisotopic (exact) mass is 347 g/mol. The van der Waals surface area contributed by atoms with Gasteiger partial charge in [0.1, 0.15) is 5.75 Å². The second-order valence-electron chi connectivity index (χ2n) is 6.48. The van der Waals surface area contributed by atoms with Crippen LogP contribution >= 0.6 is 0 Å². The van der Waals surface area contributed by atoms with Gasteiger partial charge in [0.15, 0.2) is 0 Å². The van der Waals surface area contributed by atoms with E-state index in [1.807, 2.05) is 11.8 Å². The lowest BCUT2D eigenvalue weighted by atomic mass is 9.95. The molecule has 0 atom stereocenters. The molecule has 2 rings (SSSR count). The van der Waals surface area contributed by atoms with Gasteiger partial charge in [-0.3, -0.25) is 14.5 Å². The van der Waals surface area contributed by atoms with E-state index in [-0.39, 0.29) is 24.9 Å². The third-order valence-electron chi connectivity index (χ3n) is 4.53. The van der Waals surface area contributed by atoms with Gasteiger partial charge in [-0.2, -0.15) is 0 Å². The highest BCUT2D eigenvalue weighted by Crippen LogP contribution is 2.17. The summed E-state index contributed by atoms with van der Waals surface area (Å²) in [5.41, 5.74) is 0.716. The van der Waals surface area contributed by atoms with E-state index in [0.29, 0.717) is 18.3 Å². The second kappa shape index (κ2) is 10.0. The Morgan fingerprint density at radius 3 is 2.32 bits per heavy atom. The van der Waals surface area contributed by atoms with Crippen LogP contribution in [0.25, 0.3) is 0 Å². The number of methoxy groups -OCH3 is 1. The lowest BCUT2D eigenvalue weighted by Crippen LogP contribution is -2.44. The van der Waals surface area contributed by atoms with Gasteiger partial charge in [-0.1, -0.05) is 26.2 Å². The fourth-order valence-electron chi connectivity index (χ4n) is 3.08. The minimum Gasteiger partial charge on any atom is -0.497 e. The number of benzene rings is 1. The van der Waals surface area contributed by atoms with Crippen LogP contribution in [0.3, 0.4) is 0 Å². The third-order valence-corrected chi connectivity index (χ3v) is 4.53. The van der Waals surface area contributed by atoms with Crippen molar-refractivity contribution in [3.63, 3.8) is 0 Å². The molecule has 2 amide bonds. The molecular formula is C19H29N3O3. The van der Waals surface area contributed by atoms with E-state index in [1.54, 1.807) is 31.4 Å². The van der Waals surface area contributed by atoms with Crippen LogP contribution < -0.4 is 15.4 Å². The summed E-state index contributed by atoms with van der Waals surface area (Å²) in [6.45, 7) is 3.05. The summed E-state index contributed by atoms with van der Waals surface area (Å²) < 4.78 is 5.10. The van der Waals surface area contributed by atoms with E-state index in [1.165, 1.54) is 19.3 Å². The molecule has 0 spiro atoms. The van der Waals surface area contributed by atoms with Gasteiger partial charge < -0.3 is 15.4 Å². The van der Waals surface area contributed by atoms with Crippen molar-refractivity contribution < 1.29 is 14.3 Å². The summed E-state index contributed by atoms with van der Waals surface area (Å²) in [5, 5.41) is 5.94. The Labute approximate surface area is 149 Å². The molecule has 0 saturated heterocycles. The number of rotatable bonds is 8. The van der Waals surface area contributed by atoms with E-state index in [0.717, 1.165) is 18.6 Å². The number of likely N-dealkylation sites (N-methyl/N-ethyl adjacent to an activating group) is 1. The summed E-state index contributed by atoms with van der Waals surface area (Å²) in [6.07, 6.45) is 5.77. The second-order valence-corrected chi connectivity index (χ2v) is 6.48. The zero-order valence-electron chi connectivity index (χ0n) is 15.2. The highest BCUT2D eigenvalue weighted by Gasteiger charge is 2.18. The Morgan fingerprint density at radius 1 is 1.08 bits per heavy atom. The number of carbonyl (C=O) groups excluding carboxylic acids is 2. The standard InChI is InChI=1S/C19H29N3O3/c1-3-22(13-18(23)20-15-7-5-4-6-8-15)14-19(24)21-16-9-11-17(25-2)12-10-16/h9-12,15H,3-8,13-14H2,1-2H3,(H,20,23)(H,21,24). The van der Waals surface area contributed by atoms with Crippen molar-refractivity contribution >= 4 is 17.5 Å². The molecule has 0 radical (unpaired) electrons. The molecule has 25 heavy (non-hydrogen) atoms. The third kappa shape index (κ3) is 6.74.